The van der Waals surface area contributed by atoms with Crippen molar-refractivity contribution in [3.8, 4) is 5.88 Å². The number of hydrogen-bond acceptors (Lipinski definition) is 5. The second-order valence-electron chi connectivity index (χ2n) is 6.14. The lowest BCUT2D eigenvalue weighted by Crippen LogP contribution is -2.31. The van der Waals surface area contributed by atoms with E-state index in [2.05, 4.69) is 20.2 Å². The molecule has 0 spiro atoms. The Morgan fingerprint density at radius 1 is 1.42 bits per heavy atom. The molecule has 3 heterocycles. The fraction of sp³-hybridized carbons (Fsp3) is 0.471. The van der Waals surface area contributed by atoms with Gasteiger partial charge in [0.15, 0.2) is 0 Å². The summed E-state index contributed by atoms with van der Waals surface area (Å²) in [5.41, 5.74) is 0.574. The number of pyridine rings is 1. The molecule has 1 amide bonds. The van der Waals surface area contributed by atoms with Gasteiger partial charge in [0, 0.05) is 50.4 Å². The minimum Gasteiger partial charge on any atom is -0.481 e. The molecule has 0 aliphatic carbocycles. The number of methoxy groups -OCH3 is 1. The van der Waals surface area contributed by atoms with Gasteiger partial charge in [-0.1, -0.05) is 0 Å². The minimum atomic E-state index is -0.0850. The summed E-state index contributed by atoms with van der Waals surface area (Å²) in [5.74, 6) is 1.91. The zero-order valence-electron chi connectivity index (χ0n) is 14.1. The second kappa shape index (κ2) is 7.44. The lowest BCUT2D eigenvalue weighted by Gasteiger charge is -2.16. The van der Waals surface area contributed by atoms with Crippen LogP contribution in [-0.2, 0) is 13.6 Å². The Kier molecular flexibility index (Phi) is 5.10. The van der Waals surface area contributed by atoms with Crippen molar-refractivity contribution >= 4 is 5.91 Å². The Bertz CT molecular complexity index is 700. The zero-order chi connectivity index (χ0) is 16.9. The monoisotopic (exact) mass is 329 g/mol. The normalized spacial score (nSPS) is 17.8. The molecule has 1 aliphatic heterocycles. The van der Waals surface area contributed by atoms with Crippen molar-refractivity contribution in [2.24, 2.45) is 13.0 Å². The highest BCUT2D eigenvalue weighted by molar-refractivity contribution is 5.94. The number of amides is 1. The Balaban J connectivity index is 1.47. The van der Waals surface area contributed by atoms with E-state index in [0.717, 1.165) is 31.9 Å². The molecular formula is C17H23N5O2. The number of aryl methyl sites for hydroxylation is 1. The molecule has 1 fully saturated rings. The molecule has 3 rings (SSSR count). The number of carbonyl (C=O) groups excluding carboxylic acids is 1. The van der Waals surface area contributed by atoms with Crippen molar-refractivity contribution in [3.63, 3.8) is 0 Å². The summed E-state index contributed by atoms with van der Waals surface area (Å²) in [5, 5.41) is 3.01. The van der Waals surface area contributed by atoms with Crippen LogP contribution in [0.5, 0.6) is 5.88 Å². The predicted molar refractivity (Wildman–Crippen MR) is 89.7 cm³/mol. The number of imidazole rings is 1. The van der Waals surface area contributed by atoms with Gasteiger partial charge in [0.1, 0.15) is 5.82 Å². The van der Waals surface area contributed by atoms with E-state index >= 15 is 0 Å². The number of aromatic nitrogens is 3. The molecule has 2 aromatic heterocycles. The Morgan fingerprint density at radius 2 is 2.29 bits per heavy atom. The predicted octanol–water partition coefficient (Wildman–Crippen LogP) is 1.08. The molecular weight excluding hydrogens is 306 g/mol. The first-order chi connectivity index (χ1) is 11.7. The van der Waals surface area contributed by atoms with Gasteiger partial charge in [0.25, 0.3) is 5.91 Å². The molecule has 1 N–H and O–H groups in total. The van der Waals surface area contributed by atoms with Gasteiger partial charge in [-0.05, 0) is 24.9 Å². The topological polar surface area (TPSA) is 72.3 Å². The number of ether oxygens (including phenoxy) is 1. The van der Waals surface area contributed by atoms with Crippen molar-refractivity contribution < 1.29 is 9.53 Å². The van der Waals surface area contributed by atoms with Crippen LogP contribution in [0.2, 0.25) is 0 Å². The molecule has 0 bridgehead atoms. The van der Waals surface area contributed by atoms with Gasteiger partial charge < -0.3 is 14.6 Å². The Morgan fingerprint density at radius 3 is 3.04 bits per heavy atom. The maximum absolute atomic E-state index is 12.2. The van der Waals surface area contributed by atoms with Gasteiger partial charge in [-0.2, -0.15) is 0 Å². The zero-order valence-corrected chi connectivity index (χ0v) is 14.1. The molecule has 24 heavy (non-hydrogen) atoms. The molecule has 128 valence electrons. The molecule has 0 saturated carbocycles. The molecule has 7 heteroatoms. The lowest BCUT2D eigenvalue weighted by atomic mass is 10.1. The Hall–Kier alpha value is -2.41. The number of rotatable bonds is 6. The van der Waals surface area contributed by atoms with Gasteiger partial charge in [0.2, 0.25) is 5.88 Å². The van der Waals surface area contributed by atoms with Crippen LogP contribution in [0, 0.1) is 5.92 Å². The first-order valence-corrected chi connectivity index (χ1v) is 8.12. The average Bonchev–Trinajstić information content (AvgIpc) is 3.22. The van der Waals surface area contributed by atoms with Crippen LogP contribution in [0.3, 0.4) is 0 Å². The van der Waals surface area contributed by atoms with E-state index in [1.165, 1.54) is 0 Å². The van der Waals surface area contributed by atoms with E-state index in [0.29, 0.717) is 23.9 Å². The number of hydrogen-bond donors (Lipinski definition) is 1. The smallest absolute Gasteiger partial charge is 0.251 e. The molecule has 0 radical (unpaired) electrons. The van der Waals surface area contributed by atoms with Crippen molar-refractivity contribution in [3.05, 3.63) is 42.1 Å². The number of carbonyl (C=O) groups is 1. The SMILES string of the molecule is COc1cc(C(=O)NC[C@@H]2CCN(Cc3nccn3C)C2)ccn1. The standard InChI is InChI=1S/C17H23N5O2/c1-21-8-6-18-15(21)12-22-7-4-13(11-22)10-20-17(23)14-3-5-19-16(9-14)24-2/h3,5-6,8-9,13H,4,7,10-12H2,1-2H3,(H,20,23)/t13-/m0/s1. The summed E-state index contributed by atoms with van der Waals surface area (Å²) in [7, 11) is 3.55. The highest BCUT2D eigenvalue weighted by atomic mass is 16.5. The molecule has 1 aliphatic rings. The quantitative estimate of drug-likeness (QED) is 0.858. The van der Waals surface area contributed by atoms with Crippen molar-refractivity contribution in [1.29, 1.82) is 0 Å². The van der Waals surface area contributed by atoms with Crippen LogP contribution >= 0.6 is 0 Å². The largest absolute Gasteiger partial charge is 0.481 e. The van der Waals surface area contributed by atoms with Gasteiger partial charge in [-0.15, -0.1) is 0 Å². The number of likely N-dealkylation sites (tertiary alicyclic amines) is 1. The summed E-state index contributed by atoms with van der Waals surface area (Å²) in [6.07, 6.45) is 6.46. The van der Waals surface area contributed by atoms with Crippen LogP contribution in [0.25, 0.3) is 0 Å². The van der Waals surface area contributed by atoms with Crippen LogP contribution < -0.4 is 10.1 Å². The van der Waals surface area contributed by atoms with Crippen molar-refractivity contribution in [1.82, 2.24) is 24.8 Å². The van der Waals surface area contributed by atoms with Crippen molar-refractivity contribution in [2.45, 2.75) is 13.0 Å². The molecule has 0 aromatic carbocycles. The summed E-state index contributed by atoms with van der Waals surface area (Å²) >= 11 is 0. The fourth-order valence-corrected chi connectivity index (χ4v) is 2.97. The molecule has 1 atom stereocenters. The van der Waals surface area contributed by atoms with Crippen LogP contribution in [0.4, 0.5) is 0 Å². The van der Waals surface area contributed by atoms with E-state index in [-0.39, 0.29) is 5.91 Å². The summed E-state index contributed by atoms with van der Waals surface area (Å²) in [6, 6.07) is 3.34. The summed E-state index contributed by atoms with van der Waals surface area (Å²) < 4.78 is 7.10. The molecule has 7 nitrogen and oxygen atoms in total. The number of nitrogens with one attached hydrogen (secondary N) is 1. The molecule has 1 saturated heterocycles. The maximum atomic E-state index is 12.2. The van der Waals surface area contributed by atoms with Crippen LogP contribution in [-0.4, -0.2) is 52.1 Å². The molecule has 0 unspecified atom stereocenters. The third-order valence-electron chi connectivity index (χ3n) is 4.41. The average molecular weight is 329 g/mol. The third kappa shape index (κ3) is 3.91. The van der Waals surface area contributed by atoms with Crippen LogP contribution in [0.15, 0.2) is 30.7 Å². The third-order valence-corrected chi connectivity index (χ3v) is 4.41. The van der Waals surface area contributed by atoms with Gasteiger partial charge >= 0.3 is 0 Å². The highest BCUT2D eigenvalue weighted by Crippen LogP contribution is 2.17. The second-order valence-corrected chi connectivity index (χ2v) is 6.14. The van der Waals surface area contributed by atoms with E-state index in [4.69, 9.17) is 4.74 Å². The fourth-order valence-electron chi connectivity index (χ4n) is 2.97. The van der Waals surface area contributed by atoms with Crippen molar-refractivity contribution in [2.75, 3.05) is 26.7 Å². The Labute approximate surface area is 141 Å². The van der Waals surface area contributed by atoms with E-state index in [9.17, 15) is 4.79 Å². The summed E-state index contributed by atoms with van der Waals surface area (Å²) in [4.78, 5) is 23.0. The van der Waals surface area contributed by atoms with Gasteiger partial charge in [0.05, 0.1) is 13.7 Å². The van der Waals surface area contributed by atoms with E-state index < -0.39 is 0 Å². The maximum Gasteiger partial charge on any atom is 0.251 e. The van der Waals surface area contributed by atoms with Gasteiger partial charge in [-0.25, -0.2) is 9.97 Å². The summed E-state index contributed by atoms with van der Waals surface area (Å²) in [6.45, 7) is 3.55. The first-order valence-electron chi connectivity index (χ1n) is 8.12. The number of nitrogens with zero attached hydrogens (tertiary/aromatic N) is 4. The minimum absolute atomic E-state index is 0.0850. The highest BCUT2D eigenvalue weighted by Gasteiger charge is 2.24. The lowest BCUT2D eigenvalue weighted by molar-refractivity contribution is 0.0946. The first kappa shape index (κ1) is 16.4. The van der Waals surface area contributed by atoms with E-state index in [1.54, 1.807) is 25.4 Å². The van der Waals surface area contributed by atoms with Crippen LogP contribution in [0.1, 0.15) is 22.6 Å². The molecule has 2 aromatic rings. The van der Waals surface area contributed by atoms with E-state index in [1.807, 2.05) is 24.0 Å². The van der Waals surface area contributed by atoms with Gasteiger partial charge in [-0.3, -0.25) is 9.69 Å².